The Balaban J connectivity index is 1.83. The van der Waals surface area contributed by atoms with E-state index in [1.807, 2.05) is 11.3 Å². The first-order chi connectivity index (χ1) is 7.24. The van der Waals surface area contributed by atoms with E-state index >= 15 is 0 Å². The fourth-order valence-electron chi connectivity index (χ4n) is 1.98. The van der Waals surface area contributed by atoms with Crippen LogP contribution in [-0.4, -0.2) is 18.1 Å². The molecule has 1 fully saturated rings. The van der Waals surface area contributed by atoms with Crippen molar-refractivity contribution in [3.05, 3.63) is 16.1 Å². The highest BCUT2D eigenvalue weighted by molar-refractivity contribution is 7.11. The lowest BCUT2D eigenvalue weighted by molar-refractivity contribution is 0.458. The summed E-state index contributed by atoms with van der Waals surface area (Å²) in [6, 6.07) is 0. The zero-order valence-corrected chi connectivity index (χ0v) is 10.5. The number of aromatic nitrogens is 1. The van der Waals surface area contributed by atoms with Crippen molar-refractivity contribution >= 4 is 11.3 Å². The van der Waals surface area contributed by atoms with Crippen LogP contribution < -0.4 is 5.32 Å². The van der Waals surface area contributed by atoms with E-state index in [2.05, 4.69) is 30.3 Å². The maximum Gasteiger partial charge on any atom is 0.0896 e. The Morgan fingerprint density at radius 1 is 1.53 bits per heavy atom. The zero-order valence-electron chi connectivity index (χ0n) is 9.68. The predicted octanol–water partition coefficient (Wildman–Crippen LogP) is 2.77. The quantitative estimate of drug-likeness (QED) is 0.752. The van der Waals surface area contributed by atoms with Gasteiger partial charge < -0.3 is 5.32 Å². The third kappa shape index (κ3) is 3.02. The molecule has 0 atom stereocenters. The van der Waals surface area contributed by atoms with Gasteiger partial charge in [0.25, 0.3) is 0 Å². The first-order valence-electron chi connectivity index (χ1n) is 5.86. The highest BCUT2D eigenvalue weighted by Gasteiger charge is 2.42. The van der Waals surface area contributed by atoms with Crippen LogP contribution in [0.3, 0.4) is 0 Å². The van der Waals surface area contributed by atoms with Gasteiger partial charge in [0.2, 0.25) is 0 Å². The summed E-state index contributed by atoms with van der Waals surface area (Å²) in [4.78, 5) is 5.78. The summed E-state index contributed by atoms with van der Waals surface area (Å²) in [7, 11) is 0. The Hall–Kier alpha value is -0.410. The first kappa shape index (κ1) is 11.1. The van der Waals surface area contributed by atoms with Crippen molar-refractivity contribution in [3.63, 3.8) is 0 Å². The lowest BCUT2D eigenvalue weighted by Crippen LogP contribution is -2.25. The van der Waals surface area contributed by atoms with Gasteiger partial charge in [-0.2, -0.15) is 0 Å². The summed E-state index contributed by atoms with van der Waals surface area (Å²) < 4.78 is 0. The highest BCUT2D eigenvalue weighted by atomic mass is 32.1. The average Bonchev–Trinajstić information content (AvgIpc) is 2.84. The molecule has 0 radical (unpaired) electrons. The molecular formula is C12H20N2S. The second-order valence-electron chi connectivity index (χ2n) is 4.70. The molecule has 0 spiro atoms. The number of thiazole rings is 1. The zero-order chi connectivity index (χ0) is 10.7. The van der Waals surface area contributed by atoms with Gasteiger partial charge in [-0.15, -0.1) is 11.3 Å². The molecule has 2 rings (SSSR count). The molecule has 0 bridgehead atoms. The molecule has 0 aliphatic heterocycles. The van der Waals surface area contributed by atoms with Crippen LogP contribution in [0.2, 0.25) is 0 Å². The maximum atomic E-state index is 4.32. The summed E-state index contributed by atoms with van der Waals surface area (Å²) in [6.07, 6.45) is 7.30. The molecule has 15 heavy (non-hydrogen) atoms. The highest BCUT2D eigenvalue weighted by Crippen LogP contribution is 2.48. The number of rotatable bonds is 6. The van der Waals surface area contributed by atoms with Gasteiger partial charge in [0.15, 0.2) is 0 Å². The molecule has 1 saturated carbocycles. The van der Waals surface area contributed by atoms with Crippen LogP contribution in [0.4, 0.5) is 0 Å². The van der Waals surface area contributed by atoms with E-state index in [1.165, 1.54) is 42.1 Å². The summed E-state index contributed by atoms with van der Waals surface area (Å²) in [5.74, 6) is 0. The third-order valence-electron chi connectivity index (χ3n) is 3.10. The van der Waals surface area contributed by atoms with E-state index in [0.717, 1.165) is 6.54 Å². The van der Waals surface area contributed by atoms with Crippen LogP contribution in [0, 0.1) is 12.3 Å². The second kappa shape index (κ2) is 4.62. The number of nitrogens with one attached hydrogen (secondary N) is 1. The van der Waals surface area contributed by atoms with Gasteiger partial charge in [-0.3, -0.25) is 0 Å². The lowest BCUT2D eigenvalue weighted by atomic mass is 10.0. The third-order valence-corrected chi connectivity index (χ3v) is 4.02. The van der Waals surface area contributed by atoms with E-state index in [0.29, 0.717) is 5.41 Å². The fourth-order valence-corrected chi connectivity index (χ4v) is 2.95. The molecule has 1 aliphatic carbocycles. The van der Waals surface area contributed by atoms with E-state index in [4.69, 9.17) is 0 Å². The molecular weight excluding hydrogens is 204 g/mol. The maximum absolute atomic E-state index is 4.32. The summed E-state index contributed by atoms with van der Waals surface area (Å²) in [6.45, 7) is 6.66. The largest absolute Gasteiger partial charge is 0.316 e. The summed E-state index contributed by atoms with van der Waals surface area (Å²) >= 11 is 1.85. The molecule has 0 unspecified atom stereocenters. The van der Waals surface area contributed by atoms with Gasteiger partial charge in [0.05, 0.1) is 5.01 Å². The van der Waals surface area contributed by atoms with Crippen LogP contribution in [0.15, 0.2) is 6.20 Å². The molecule has 1 N–H and O–H groups in total. The van der Waals surface area contributed by atoms with Crippen LogP contribution in [-0.2, 0) is 6.42 Å². The van der Waals surface area contributed by atoms with Gasteiger partial charge in [-0.1, -0.05) is 6.92 Å². The molecule has 0 aromatic carbocycles. The normalized spacial score (nSPS) is 18.0. The van der Waals surface area contributed by atoms with Crippen molar-refractivity contribution in [1.82, 2.24) is 10.3 Å². The Kier molecular flexibility index (Phi) is 3.42. The Morgan fingerprint density at radius 2 is 2.33 bits per heavy atom. The molecule has 84 valence electrons. The predicted molar refractivity (Wildman–Crippen MR) is 65.4 cm³/mol. The molecule has 1 aromatic rings. The van der Waals surface area contributed by atoms with Gasteiger partial charge in [-0.25, -0.2) is 4.98 Å². The molecule has 1 aliphatic rings. The number of hydrogen-bond donors (Lipinski definition) is 1. The molecule has 1 aromatic heterocycles. The molecule has 1 heterocycles. The molecule has 3 heteroatoms. The Morgan fingerprint density at radius 3 is 2.87 bits per heavy atom. The minimum atomic E-state index is 0.578. The second-order valence-corrected chi connectivity index (χ2v) is 6.02. The van der Waals surface area contributed by atoms with E-state index in [9.17, 15) is 0 Å². The summed E-state index contributed by atoms with van der Waals surface area (Å²) in [5, 5.41) is 4.75. The van der Waals surface area contributed by atoms with Crippen LogP contribution >= 0.6 is 11.3 Å². The van der Waals surface area contributed by atoms with Crippen molar-refractivity contribution in [2.24, 2.45) is 5.41 Å². The SMILES string of the molecule is CCCNCC1(Cc2cnc(C)s2)CC1. The lowest BCUT2D eigenvalue weighted by Gasteiger charge is -2.14. The minimum Gasteiger partial charge on any atom is -0.316 e. The van der Waals surface area contributed by atoms with Crippen molar-refractivity contribution in [3.8, 4) is 0 Å². The van der Waals surface area contributed by atoms with Crippen LogP contribution in [0.5, 0.6) is 0 Å². The van der Waals surface area contributed by atoms with Crippen LogP contribution in [0.1, 0.15) is 36.1 Å². The monoisotopic (exact) mass is 224 g/mol. The van der Waals surface area contributed by atoms with E-state index in [-0.39, 0.29) is 0 Å². The Bertz CT molecular complexity index is 315. The van der Waals surface area contributed by atoms with Crippen molar-refractivity contribution in [1.29, 1.82) is 0 Å². The number of aryl methyl sites for hydroxylation is 1. The van der Waals surface area contributed by atoms with Gasteiger partial charge >= 0.3 is 0 Å². The molecule has 2 nitrogen and oxygen atoms in total. The standard InChI is InChI=1S/C12H20N2S/c1-3-6-13-9-12(4-5-12)7-11-8-14-10(2)15-11/h8,13H,3-7,9H2,1-2H3. The van der Waals surface area contributed by atoms with Gasteiger partial charge in [0.1, 0.15) is 0 Å². The topological polar surface area (TPSA) is 24.9 Å². The molecule has 0 saturated heterocycles. The fraction of sp³-hybridized carbons (Fsp3) is 0.750. The van der Waals surface area contributed by atoms with E-state index < -0.39 is 0 Å². The van der Waals surface area contributed by atoms with Gasteiger partial charge in [0, 0.05) is 17.6 Å². The van der Waals surface area contributed by atoms with Crippen LogP contribution in [0.25, 0.3) is 0 Å². The first-order valence-corrected chi connectivity index (χ1v) is 6.68. The number of nitrogens with zero attached hydrogens (tertiary/aromatic N) is 1. The minimum absolute atomic E-state index is 0.578. The Labute approximate surface area is 96.1 Å². The van der Waals surface area contributed by atoms with Crippen molar-refractivity contribution in [2.45, 2.75) is 39.5 Å². The van der Waals surface area contributed by atoms with Gasteiger partial charge in [-0.05, 0) is 44.6 Å². The summed E-state index contributed by atoms with van der Waals surface area (Å²) in [5.41, 5.74) is 0.578. The molecule has 0 amide bonds. The average molecular weight is 224 g/mol. The van der Waals surface area contributed by atoms with E-state index in [1.54, 1.807) is 0 Å². The number of hydrogen-bond acceptors (Lipinski definition) is 3. The smallest absolute Gasteiger partial charge is 0.0896 e. The van der Waals surface area contributed by atoms with Crippen molar-refractivity contribution in [2.75, 3.05) is 13.1 Å². The van der Waals surface area contributed by atoms with Crippen molar-refractivity contribution < 1.29 is 0 Å².